The maximum Gasteiger partial charge on any atom is 0.140 e. The van der Waals surface area contributed by atoms with Crippen molar-refractivity contribution in [1.82, 2.24) is 9.97 Å². The molecule has 0 atom stereocenters. The first-order valence-corrected chi connectivity index (χ1v) is 9.03. The van der Waals surface area contributed by atoms with E-state index in [-0.39, 0.29) is 0 Å². The van der Waals surface area contributed by atoms with Crippen molar-refractivity contribution in [3.05, 3.63) is 66.9 Å². The molecule has 0 spiro atoms. The summed E-state index contributed by atoms with van der Waals surface area (Å²) in [6.07, 6.45) is 1.91. The summed E-state index contributed by atoms with van der Waals surface area (Å²) in [5.41, 5.74) is 4.16. The largest absolute Gasteiger partial charge is 0.497 e. The van der Waals surface area contributed by atoms with Crippen molar-refractivity contribution < 1.29 is 9.47 Å². The number of benzene rings is 2. The molecule has 2 aromatic heterocycles. The van der Waals surface area contributed by atoms with E-state index in [0.29, 0.717) is 0 Å². The third-order valence-corrected chi connectivity index (χ3v) is 5.31. The number of hydrogen-bond acceptors (Lipinski definition) is 4. The van der Waals surface area contributed by atoms with E-state index in [1.54, 1.807) is 25.6 Å². The molecule has 4 aromatic rings. The molecular weight excluding hydrogens is 344 g/mol. The van der Waals surface area contributed by atoms with Gasteiger partial charge < -0.3 is 14.5 Å². The zero-order valence-corrected chi connectivity index (χ0v) is 15.3. The van der Waals surface area contributed by atoms with Gasteiger partial charge in [-0.2, -0.15) is 0 Å². The Kier molecular flexibility index (Phi) is 4.46. The molecule has 0 bridgehead atoms. The van der Waals surface area contributed by atoms with E-state index < -0.39 is 0 Å². The molecular formula is C21H18N2O2S. The molecule has 4 nitrogen and oxygen atoms in total. The van der Waals surface area contributed by atoms with Crippen molar-refractivity contribution >= 4 is 11.3 Å². The van der Waals surface area contributed by atoms with Crippen molar-refractivity contribution in [3.63, 3.8) is 0 Å². The van der Waals surface area contributed by atoms with E-state index in [1.807, 2.05) is 54.7 Å². The lowest BCUT2D eigenvalue weighted by Crippen LogP contribution is -1.86. The number of nitrogens with zero attached hydrogens (tertiary/aromatic N) is 1. The first-order valence-electron chi connectivity index (χ1n) is 8.22. The van der Waals surface area contributed by atoms with E-state index in [4.69, 9.17) is 14.5 Å². The minimum Gasteiger partial charge on any atom is -0.497 e. The van der Waals surface area contributed by atoms with Gasteiger partial charge in [0.15, 0.2) is 0 Å². The summed E-state index contributed by atoms with van der Waals surface area (Å²) in [7, 11) is 3.35. The SMILES string of the molecule is COc1ccc(-c2nc(-c3ccc[nH]3)sc2-c2ccc(OC)cc2)cc1. The van der Waals surface area contributed by atoms with Gasteiger partial charge in [-0.05, 0) is 66.2 Å². The van der Waals surface area contributed by atoms with Gasteiger partial charge in [-0.3, -0.25) is 0 Å². The fraction of sp³-hybridized carbons (Fsp3) is 0.0952. The zero-order valence-electron chi connectivity index (χ0n) is 14.5. The van der Waals surface area contributed by atoms with Crippen LogP contribution in [-0.2, 0) is 0 Å². The number of nitrogens with one attached hydrogen (secondary N) is 1. The predicted molar refractivity (Wildman–Crippen MR) is 106 cm³/mol. The van der Waals surface area contributed by atoms with Crippen LogP contribution in [0.4, 0.5) is 0 Å². The van der Waals surface area contributed by atoms with Crippen molar-refractivity contribution in [2.45, 2.75) is 0 Å². The van der Waals surface area contributed by atoms with Crippen LogP contribution in [0.15, 0.2) is 66.9 Å². The molecule has 26 heavy (non-hydrogen) atoms. The number of H-pyrrole nitrogens is 1. The summed E-state index contributed by atoms with van der Waals surface area (Å²) in [6, 6.07) is 20.1. The third-order valence-electron chi connectivity index (χ3n) is 4.17. The second kappa shape index (κ2) is 7.06. The van der Waals surface area contributed by atoms with Gasteiger partial charge in [0.1, 0.15) is 16.5 Å². The van der Waals surface area contributed by atoms with Gasteiger partial charge in [0.2, 0.25) is 0 Å². The van der Waals surface area contributed by atoms with Gasteiger partial charge in [0.05, 0.1) is 30.5 Å². The second-order valence-electron chi connectivity index (χ2n) is 5.74. The topological polar surface area (TPSA) is 47.1 Å². The normalized spacial score (nSPS) is 10.7. The molecule has 0 aliphatic carbocycles. The highest BCUT2D eigenvalue weighted by molar-refractivity contribution is 7.18. The summed E-state index contributed by atoms with van der Waals surface area (Å²) >= 11 is 1.67. The highest BCUT2D eigenvalue weighted by atomic mass is 32.1. The van der Waals surface area contributed by atoms with Crippen LogP contribution in [0.25, 0.3) is 32.4 Å². The van der Waals surface area contributed by atoms with Crippen LogP contribution in [0.3, 0.4) is 0 Å². The lowest BCUT2D eigenvalue weighted by molar-refractivity contribution is 0.414. The Labute approximate surface area is 156 Å². The van der Waals surface area contributed by atoms with E-state index >= 15 is 0 Å². The molecule has 4 rings (SSSR count). The second-order valence-corrected chi connectivity index (χ2v) is 6.74. The van der Waals surface area contributed by atoms with Crippen molar-refractivity contribution in [3.8, 4) is 43.9 Å². The van der Waals surface area contributed by atoms with Crippen molar-refractivity contribution in [2.24, 2.45) is 0 Å². The molecule has 0 radical (unpaired) electrons. The standard InChI is InChI=1S/C21H18N2O2S/c1-24-16-9-5-14(6-10-16)19-20(15-7-11-17(25-2)12-8-15)26-21(23-19)18-4-3-13-22-18/h3-13,22H,1-2H3. The maximum absolute atomic E-state index is 5.28. The molecule has 0 aliphatic heterocycles. The summed E-state index contributed by atoms with van der Waals surface area (Å²) in [5.74, 6) is 1.67. The number of ether oxygens (including phenoxy) is 2. The molecule has 5 heteroatoms. The summed E-state index contributed by atoms with van der Waals surface area (Å²) in [6.45, 7) is 0. The van der Waals surface area contributed by atoms with Gasteiger partial charge in [0, 0.05) is 11.8 Å². The third kappa shape index (κ3) is 3.09. The van der Waals surface area contributed by atoms with Crippen LogP contribution in [0, 0.1) is 0 Å². The first kappa shape index (κ1) is 16.4. The van der Waals surface area contributed by atoms with Gasteiger partial charge in [-0.15, -0.1) is 11.3 Å². The summed E-state index contributed by atoms with van der Waals surface area (Å²) < 4.78 is 10.6. The van der Waals surface area contributed by atoms with Crippen molar-refractivity contribution in [2.75, 3.05) is 14.2 Å². The number of aromatic amines is 1. The van der Waals surface area contributed by atoms with E-state index in [2.05, 4.69) is 17.1 Å². The Hall–Kier alpha value is -3.05. The van der Waals surface area contributed by atoms with Crippen LogP contribution in [0.2, 0.25) is 0 Å². The fourth-order valence-electron chi connectivity index (χ4n) is 2.78. The van der Waals surface area contributed by atoms with E-state index in [9.17, 15) is 0 Å². The van der Waals surface area contributed by atoms with E-state index in [0.717, 1.165) is 43.9 Å². The Bertz CT molecular complexity index is 923. The van der Waals surface area contributed by atoms with Gasteiger partial charge in [0.25, 0.3) is 0 Å². The fourth-order valence-corrected chi connectivity index (χ4v) is 3.86. The molecule has 2 heterocycles. The average Bonchev–Trinajstić information content (AvgIpc) is 3.38. The predicted octanol–water partition coefficient (Wildman–Crippen LogP) is 5.49. The average molecular weight is 362 g/mol. The zero-order chi connectivity index (χ0) is 17.9. The minimum absolute atomic E-state index is 0.833. The van der Waals surface area contributed by atoms with Crippen LogP contribution >= 0.6 is 11.3 Å². The Morgan fingerprint density at radius 1 is 0.808 bits per heavy atom. The minimum atomic E-state index is 0.833. The lowest BCUT2D eigenvalue weighted by Gasteiger charge is -2.05. The Morgan fingerprint density at radius 2 is 1.42 bits per heavy atom. The molecule has 0 aliphatic rings. The number of aromatic nitrogens is 2. The highest BCUT2D eigenvalue weighted by Crippen LogP contribution is 2.40. The van der Waals surface area contributed by atoms with Crippen LogP contribution in [-0.4, -0.2) is 24.2 Å². The number of methoxy groups -OCH3 is 2. The van der Waals surface area contributed by atoms with E-state index in [1.165, 1.54) is 0 Å². The molecule has 2 aromatic carbocycles. The molecule has 1 N–H and O–H groups in total. The van der Waals surface area contributed by atoms with Gasteiger partial charge in [-0.25, -0.2) is 4.98 Å². The molecule has 0 amide bonds. The number of hydrogen-bond donors (Lipinski definition) is 1. The lowest BCUT2D eigenvalue weighted by atomic mass is 10.1. The molecule has 0 unspecified atom stereocenters. The maximum atomic E-state index is 5.28. The monoisotopic (exact) mass is 362 g/mol. The molecule has 0 saturated carbocycles. The Morgan fingerprint density at radius 3 is 1.96 bits per heavy atom. The van der Waals surface area contributed by atoms with Crippen molar-refractivity contribution in [1.29, 1.82) is 0 Å². The molecule has 0 fully saturated rings. The summed E-state index contributed by atoms with van der Waals surface area (Å²) in [4.78, 5) is 9.28. The Balaban J connectivity index is 1.84. The quantitative estimate of drug-likeness (QED) is 0.511. The number of thiazole rings is 1. The highest BCUT2D eigenvalue weighted by Gasteiger charge is 2.16. The summed E-state index contributed by atoms with van der Waals surface area (Å²) in [5, 5.41) is 0.964. The van der Waals surface area contributed by atoms with Crippen LogP contribution < -0.4 is 9.47 Å². The number of rotatable bonds is 5. The van der Waals surface area contributed by atoms with Crippen LogP contribution in [0.5, 0.6) is 11.5 Å². The molecule has 130 valence electrons. The van der Waals surface area contributed by atoms with Gasteiger partial charge >= 0.3 is 0 Å². The van der Waals surface area contributed by atoms with Crippen LogP contribution in [0.1, 0.15) is 0 Å². The smallest absolute Gasteiger partial charge is 0.140 e. The first-order chi connectivity index (χ1) is 12.8. The molecule has 0 saturated heterocycles. The van der Waals surface area contributed by atoms with Gasteiger partial charge in [-0.1, -0.05) is 0 Å².